The molecule has 0 aliphatic heterocycles. The summed E-state index contributed by atoms with van der Waals surface area (Å²) in [5.74, 6) is 1.94. The monoisotopic (exact) mass is 198 g/mol. The van der Waals surface area contributed by atoms with Gasteiger partial charge in [0.15, 0.2) is 0 Å². The van der Waals surface area contributed by atoms with Gasteiger partial charge in [0.1, 0.15) is 0 Å². The van der Waals surface area contributed by atoms with Crippen LogP contribution in [0.4, 0.5) is 0 Å². The third-order valence-corrected chi connectivity index (χ3v) is 4.06. The molecular formula is C15H18. The van der Waals surface area contributed by atoms with Gasteiger partial charge in [-0.05, 0) is 55.6 Å². The number of hydrogen-bond donors (Lipinski definition) is 0. The fourth-order valence-corrected chi connectivity index (χ4v) is 2.94. The largest absolute Gasteiger partial charge is 0.0773 e. The highest BCUT2D eigenvalue weighted by Gasteiger charge is 2.32. The lowest BCUT2D eigenvalue weighted by molar-refractivity contribution is 0.206. The molecule has 0 N–H and O–H groups in total. The first-order valence-corrected chi connectivity index (χ1v) is 6.11. The summed E-state index contributed by atoms with van der Waals surface area (Å²) in [5.41, 5.74) is 4.43. The maximum absolute atomic E-state index is 2.55. The van der Waals surface area contributed by atoms with E-state index in [0.29, 0.717) is 0 Å². The summed E-state index contributed by atoms with van der Waals surface area (Å²) in [4.78, 5) is 0. The SMILES string of the molecule is Cc1cccc(C2=CC3CCC3CC2)c1. The van der Waals surface area contributed by atoms with E-state index in [9.17, 15) is 0 Å². The Labute approximate surface area is 92.0 Å². The lowest BCUT2D eigenvalue weighted by Crippen LogP contribution is -2.27. The molecule has 0 spiro atoms. The van der Waals surface area contributed by atoms with E-state index in [0.717, 1.165) is 11.8 Å². The summed E-state index contributed by atoms with van der Waals surface area (Å²) < 4.78 is 0. The Hall–Kier alpha value is -1.04. The van der Waals surface area contributed by atoms with Crippen molar-refractivity contribution in [2.45, 2.75) is 32.6 Å². The average molecular weight is 198 g/mol. The molecule has 0 heteroatoms. The van der Waals surface area contributed by atoms with Gasteiger partial charge in [-0.25, -0.2) is 0 Å². The van der Waals surface area contributed by atoms with E-state index in [1.165, 1.54) is 36.8 Å². The van der Waals surface area contributed by atoms with Crippen LogP contribution in [0.1, 0.15) is 36.8 Å². The highest BCUT2D eigenvalue weighted by Crippen LogP contribution is 2.45. The van der Waals surface area contributed by atoms with E-state index in [4.69, 9.17) is 0 Å². The van der Waals surface area contributed by atoms with E-state index >= 15 is 0 Å². The Morgan fingerprint density at radius 1 is 1.13 bits per heavy atom. The minimum Gasteiger partial charge on any atom is -0.0773 e. The van der Waals surface area contributed by atoms with Crippen LogP contribution in [0.2, 0.25) is 0 Å². The molecular weight excluding hydrogens is 180 g/mol. The molecule has 0 saturated heterocycles. The van der Waals surface area contributed by atoms with Crippen molar-refractivity contribution in [3.05, 3.63) is 41.5 Å². The molecule has 1 saturated carbocycles. The molecule has 2 atom stereocenters. The predicted octanol–water partition coefficient (Wildman–Crippen LogP) is 4.20. The molecule has 1 aromatic carbocycles. The molecule has 0 radical (unpaired) electrons. The molecule has 0 heterocycles. The van der Waals surface area contributed by atoms with E-state index in [-0.39, 0.29) is 0 Å². The summed E-state index contributed by atoms with van der Waals surface area (Å²) in [6.45, 7) is 2.18. The fraction of sp³-hybridized carbons (Fsp3) is 0.467. The lowest BCUT2D eigenvalue weighted by atomic mass is 9.66. The maximum atomic E-state index is 2.55. The van der Waals surface area contributed by atoms with Crippen LogP contribution < -0.4 is 0 Å². The van der Waals surface area contributed by atoms with Crippen molar-refractivity contribution in [3.63, 3.8) is 0 Å². The zero-order chi connectivity index (χ0) is 10.3. The van der Waals surface area contributed by atoms with Gasteiger partial charge in [0.05, 0.1) is 0 Å². The van der Waals surface area contributed by atoms with Crippen LogP contribution in [0.25, 0.3) is 5.57 Å². The molecule has 15 heavy (non-hydrogen) atoms. The molecule has 0 amide bonds. The topological polar surface area (TPSA) is 0 Å². The normalized spacial score (nSPS) is 29.0. The molecule has 78 valence electrons. The standard InChI is InChI=1S/C15H18/c1-11-3-2-4-13(9-11)15-8-6-12-5-7-14(12)10-15/h2-4,9-10,12,14H,5-8H2,1H3. The summed E-state index contributed by atoms with van der Waals surface area (Å²) in [6.07, 6.45) is 8.17. The minimum atomic E-state index is 0.911. The van der Waals surface area contributed by atoms with Crippen LogP contribution in [0.3, 0.4) is 0 Å². The van der Waals surface area contributed by atoms with Gasteiger partial charge in [0, 0.05) is 0 Å². The van der Waals surface area contributed by atoms with Crippen LogP contribution in [0.15, 0.2) is 30.3 Å². The number of aryl methyl sites for hydroxylation is 1. The van der Waals surface area contributed by atoms with Gasteiger partial charge in [-0.2, -0.15) is 0 Å². The van der Waals surface area contributed by atoms with Crippen molar-refractivity contribution >= 4 is 5.57 Å². The molecule has 0 nitrogen and oxygen atoms in total. The smallest absolute Gasteiger partial charge is 0.0199 e. The van der Waals surface area contributed by atoms with E-state index < -0.39 is 0 Å². The molecule has 0 aromatic heterocycles. The van der Waals surface area contributed by atoms with Gasteiger partial charge in [-0.3, -0.25) is 0 Å². The molecule has 2 unspecified atom stereocenters. The summed E-state index contributed by atoms with van der Waals surface area (Å²) in [7, 11) is 0. The van der Waals surface area contributed by atoms with E-state index in [1.54, 1.807) is 5.57 Å². The fourth-order valence-electron chi connectivity index (χ4n) is 2.94. The number of hydrogen-bond acceptors (Lipinski definition) is 0. The molecule has 3 rings (SSSR count). The van der Waals surface area contributed by atoms with Crippen LogP contribution >= 0.6 is 0 Å². The number of fused-ring (bicyclic) bond motifs is 1. The predicted molar refractivity (Wildman–Crippen MR) is 64.6 cm³/mol. The number of rotatable bonds is 1. The Morgan fingerprint density at radius 2 is 2.07 bits per heavy atom. The van der Waals surface area contributed by atoms with Gasteiger partial charge in [0.2, 0.25) is 0 Å². The van der Waals surface area contributed by atoms with Crippen molar-refractivity contribution in [2.75, 3.05) is 0 Å². The first kappa shape index (κ1) is 9.21. The molecule has 2 aliphatic rings. The first-order chi connectivity index (χ1) is 7.33. The summed E-state index contributed by atoms with van der Waals surface area (Å²) in [5, 5.41) is 0. The van der Waals surface area contributed by atoms with Gasteiger partial charge in [-0.1, -0.05) is 35.9 Å². The zero-order valence-electron chi connectivity index (χ0n) is 9.37. The molecule has 2 aliphatic carbocycles. The first-order valence-electron chi connectivity index (χ1n) is 6.11. The van der Waals surface area contributed by atoms with Crippen molar-refractivity contribution in [1.29, 1.82) is 0 Å². The minimum absolute atomic E-state index is 0.911. The summed E-state index contributed by atoms with van der Waals surface area (Å²) >= 11 is 0. The van der Waals surface area contributed by atoms with Crippen LogP contribution in [0.5, 0.6) is 0 Å². The van der Waals surface area contributed by atoms with Gasteiger partial charge >= 0.3 is 0 Å². The molecule has 1 aromatic rings. The highest BCUT2D eigenvalue weighted by atomic mass is 14.4. The number of allylic oxidation sites excluding steroid dienone is 2. The van der Waals surface area contributed by atoms with E-state index in [2.05, 4.69) is 37.3 Å². The Morgan fingerprint density at radius 3 is 2.73 bits per heavy atom. The lowest BCUT2D eigenvalue weighted by Gasteiger charge is -2.39. The van der Waals surface area contributed by atoms with Crippen LogP contribution in [-0.4, -0.2) is 0 Å². The van der Waals surface area contributed by atoms with Gasteiger partial charge in [0.25, 0.3) is 0 Å². The Bertz CT molecular complexity index is 400. The average Bonchev–Trinajstić information content (AvgIpc) is 2.20. The summed E-state index contributed by atoms with van der Waals surface area (Å²) in [6, 6.07) is 8.94. The van der Waals surface area contributed by atoms with Gasteiger partial charge < -0.3 is 0 Å². The third-order valence-electron chi connectivity index (χ3n) is 4.06. The van der Waals surface area contributed by atoms with Crippen molar-refractivity contribution in [1.82, 2.24) is 0 Å². The van der Waals surface area contributed by atoms with Gasteiger partial charge in [-0.15, -0.1) is 0 Å². The quantitative estimate of drug-likeness (QED) is 0.634. The van der Waals surface area contributed by atoms with Crippen molar-refractivity contribution < 1.29 is 0 Å². The van der Waals surface area contributed by atoms with E-state index in [1.807, 2.05) is 0 Å². The third kappa shape index (κ3) is 1.62. The second-order valence-electron chi connectivity index (χ2n) is 5.10. The second-order valence-corrected chi connectivity index (χ2v) is 5.10. The zero-order valence-corrected chi connectivity index (χ0v) is 9.37. The molecule has 1 fully saturated rings. The number of benzene rings is 1. The maximum Gasteiger partial charge on any atom is -0.0199 e. The van der Waals surface area contributed by atoms with Crippen molar-refractivity contribution in [3.8, 4) is 0 Å². The second kappa shape index (κ2) is 3.52. The van der Waals surface area contributed by atoms with Crippen LogP contribution in [-0.2, 0) is 0 Å². The Balaban J connectivity index is 1.91. The molecule has 0 bridgehead atoms. The van der Waals surface area contributed by atoms with Crippen LogP contribution in [0, 0.1) is 18.8 Å². The van der Waals surface area contributed by atoms with Crippen molar-refractivity contribution in [2.24, 2.45) is 11.8 Å². The Kier molecular flexibility index (Phi) is 2.16. The highest BCUT2D eigenvalue weighted by molar-refractivity contribution is 5.67.